The van der Waals surface area contributed by atoms with E-state index in [2.05, 4.69) is 5.32 Å². The lowest BCUT2D eigenvalue weighted by atomic mass is 9.90. The maximum Gasteiger partial charge on any atom is 0.307 e. The van der Waals surface area contributed by atoms with Gasteiger partial charge in [-0.2, -0.15) is 0 Å². The quantitative estimate of drug-likeness (QED) is 0.597. The molecule has 1 atom stereocenters. The molecule has 0 aromatic heterocycles. The zero-order valence-electron chi connectivity index (χ0n) is 19.0. The molecular weight excluding hydrogens is 412 g/mol. The Morgan fingerprint density at radius 1 is 1.06 bits per heavy atom. The third-order valence-corrected chi connectivity index (χ3v) is 5.48. The molecule has 0 bridgehead atoms. The maximum atomic E-state index is 12.8. The molecular formula is C24H30N2O6. The zero-order chi connectivity index (χ0) is 23.1. The minimum atomic E-state index is -0.311. The molecule has 2 aromatic carbocycles. The van der Waals surface area contributed by atoms with Gasteiger partial charge in [0.05, 0.1) is 40.9 Å². The van der Waals surface area contributed by atoms with Gasteiger partial charge in [0, 0.05) is 24.3 Å². The first-order valence-corrected chi connectivity index (χ1v) is 10.6. The smallest absolute Gasteiger partial charge is 0.307 e. The topological polar surface area (TPSA) is 86.3 Å². The summed E-state index contributed by atoms with van der Waals surface area (Å²) in [6, 6.07) is 10.7. The minimum absolute atomic E-state index is 0.134. The van der Waals surface area contributed by atoms with Gasteiger partial charge >= 0.3 is 5.97 Å². The first-order chi connectivity index (χ1) is 15.5. The molecule has 1 aliphatic heterocycles. The Morgan fingerprint density at radius 3 is 2.50 bits per heavy atom. The van der Waals surface area contributed by atoms with Crippen LogP contribution in [0.15, 0.2) is 36.4 Å². The summed E-state index contributed by atoms with van der Waals surface area (Å²) in [5.41, 5.74) is 2.66. The Morgan fingerprint density at radius 2 is 1.81 bits per heavy atom. The monoisotopic (exact) mass is 442 g/mol. The number of benzene rings is 2. The molecule has 2 aromatic rings. The highest BCUT2D eigenvalue weighted by atomic mass is 16.5. The molecule has 0 saturated carbocycles. The molecule has 8 nitrogen and oxygen atoms in total. The predicted octanol–water partition coefficient (Wildman–Crippen LogP) is 3.20. The summed E-state index contributed by atoms with van der Waals surface area (Å²) in [5, 5.41) is 2.91. The van der Waals surface area contributed by atoms with E-state index >= 15 is 0 Å². The molecule has 172 valence electrons. The molecule has 0 radical (unpaired) electrons. The third-order valence-electron chi connectivity index (χ3n) is 5.48. The molecule has 0 fully saturated rings. The molecule has 8 heteroatoms. The van der Waals surface area contributed by atoms with Crippen molar-refractivity contribution in [2.45, 2.75) is 25.8 Å². The highest BCUT2D eigenvalue weighted by Gasteiger charge is 2.32. The zero-order valence-corrected chi connectivity index (χ0v) is 19.0. The van der Waals surface area contributed by atoms with Crippen LogP contribution < -0.4 is 19.5 Å². The van der Waals surface area contributed by atoms with Gasteiger partial charge in [-0.3, -0.25) is 14.5 Å². The number of hydrogen-bond donors (Lipinski definition) is 1. The molecule has 1 heterocycles. The van der Waals surface area contributed by atoms with E-state index in [1.54, 1.807) is 40.4 Å². The van der Waals surface area contributed by atoms with E-state index in [0.717, 1.165) is 17.5 Å². The summed E-state index contributed by atoms with van der Waals surface area (Å²) in [6.45, 7) is 2.84. The van der Waals surface area contributed by atoms with Crippen molar-refractivity contribution in [2.24, 2.45) is 0 Å². The van der Waals surface area contributed by atoms with Gasteiger partial charge in [-0.15, -0.1) is 0 Å². The minimum Gasteiger partial charge on any atom is -0.497 e. The van der Waals surface area contributed by atoms with Gasteiger partial charge in [0.1, 0.15) is 5.75 Å². The second kappa shape index (κ2) is 10.9. The van der Waals surface area contributed by atoms with Gasteiger partial charge < -0.3 is 24.3 Å². The van der Waals surface area contributed by atoms with E-state index < -0.39 is 0 Å². The molecule has 0 spiro atoms. The number of esters is 1. The van der Waals surface area contributed by atoms with Crippen molar-refractivity contribution in [3.8, 4) is 17.2 Å². The van der Waals surface area contributed by atoms with E-state index in [4.69, 9.17) is 18.9 Å². The molecule has 0 aliphatic carbocycles. The van der Waals surface area contributed by atoms with Crippen LogP contribution in [0.4, 0.5) is 5.69 Å². The van der Waals surface area contributed by atoms with E-state index in [1.807, 2.05) is 29.2 Å². The van der Waals surface area contributed by atoms with Gasteiger partial charge in [-0.1, -0.05) is 6.07 Å². The van der Waals surface area contributed by atoms with Crippen molar-refractivity contribution in [3.63, 3.8) is 0 Å². The number of anilines is 1. The second-order valence-electron chi connectivity index (χ2n) is 7.43. The number of fused-ring (bicyclic) bond motifs is 1. The molecule has 1 amide bonds. The average Bonchev–Trinajstić information content (AvgIpc) is 2.79. The predicted molar refractivity (Wildman–Crippen MR) is 120 cm³/mol. The van der Waals surface area contributed by atoms with Gasteiger partial charge in [-0.25, -0.2) is 0 Å². The van der Waals surface area contributed by atoms with E-state index in [0.29, 0.717) is 36.1 Å². The fourth-order valence-electron chi connectivity index (χ4n) is 3.97. The number of amides is 1. The van der Waals surface area contributed by atoms with E-state index in [1.165, 1.54) is 0 Å². The number of methoxy groups -OCH3 is 3. The number of nitrogens with one attached hydrogen (secondary N) is 1. The van der Waals surface area contributed by atoms with E-state index in [-0.39, 0.29) is 30.9 Å². The standard InChI is InChI=1S/C24H30N2O6/c1-5-32-24(28)14-20-19-13-22(31-4)21(30-3)11-16(19)9-10-26(20)15-23(27)25-17-7-6-8-18(12-17)29-2/h6-8,11-13,20H,5,9-10,14-15H2,1-4H3,(H,25,27). The first kappa shape index (κ1) is 23.4. The van der Waals surface area contributed by atoms with Crippen LogP contribution in [-0.2, 0) is 20.7 Å². The Balaban J connectivity index is 1.84. The van der Waals surface area contributed by atoms with Crippen LogP contribution in [0.2, 0.25) is 0 Å². The highest BCUT2D eigenvalue weighted by molar-refractivity contribution is 5.92. The number of hydrogen-bond acceptors (Lipinski definition) is 7. The number of rotatable bonds is 9. The number of carbonyl (C=O) groups excluding carboxylic acids is 2. The Kier molecular flexibility index (Phi) is 7.94. The van der Waals surface area contributed by atoms with Gasteiger partial charge in [-0.05, 0) is 48.7 Å². The molecule has 1 unspecified atom stereocenters. The number of carbonyl (C=O) groups is 2. The summed E-state index contributed by atoms with van der Waals surface area (Å²) in [5.74, 6) is 1.42. The number of nitrogens with zero attached hydrogens (tertiary/aromatic N) is 1. The van der Waals surface area contributed by atoms with Crippen LogP contribution >= 0.6 is 0 Å². The molecule has 0 saturated heterocycles. The van der Waals surface area contributed by atoms with Gasteiger partial charge in [0.15, 0.2) is 11.5 Å². The van der Waals surface area contributed by atoms with Crippen LogP contribution in [0.25, 0.3) is 0 Å². The van der Waals surface area contributed by atoms with Gasteiger partial charge in [0.25, 0.3) is 0 Å². The summed E-state index contributed by atoms with van der Waals surface area (Å²) in [6.07, 6.45) is 0.865. The van der Waals surface area contributed by atoms with E-state index in [9.17, 15) is 9.59 Å². The molecule has 1 N–H and O–H groups in total. The summed E-state index contributed by atoms with van der Waals surface area (Å²) < 4.78 is 21.3. The number of ether oxygens (including phenoxy) is 4. The first-order valence-electron chi connectivity index (χ1n) is 10.6. The third kappa shape index (κ3) is 5.50. The lowest BCUT2D eigenvalue weighted by molar-refractivity contribution is -0.145. The second-order valence-corrected chi connectivity index (χ2v) is 7.43. The molecule has 3 rings (SSSR count). The SMILES string of the molecule is CCOC(=O)CC1c2cc(OC)c(OC)cc2CCN1CC(=O)Nc1cccc(OC)c1. The summed E-state index contributed by atoms with van der Waals surface area (Å²) >= 11 is 0. The Labute approximate surface area is 188 Å². The fraction of sp³-hybridized carbons (Fsp3) is 0.417. The van der Waals surface area contributed by atoms with Crippen molar-refractivity contribution in [2.75, 3.05) is 46.3 Å². The normalized spacial score (nSPS) is 15.4. The summed E-state index contributed by atoms with van der Waals surface area (Å²) in [4.78, 5) is 27.2. The lowest BCUT2D eigenvalue weighted by Crippen LogP contribution is -2.41. The average molecular weight is 443 g/mol. The van der Waals surface area contributed by atoms with Crippen molar-refractivity contribution < 1.29 is 28.5 Å². The van der Waals surface area contributed by atoms with Crippen molar-refractivity contribution >= 4 is 17.6 Å². The molecule has 32 heavy (non-hydrogen) atoms. The molecule has 1 aliphatic rings. The van der Waals surface area contributed by atoms with Crippen LogP contribution in [0, 0.1) is 0 Å². The van der Waals surface area contributed by atoms with Crippen LogP contribution in [-0.4, -0.2) is 57.8 Å². The van der Waals surface area contributed by atoms with Crippen LogP contribution in [0.5, 0.6) is 17.2 Å². The van der Waals surface area contributed by atoms with Crippen LogP contribution in [0.1, 0.15) is 30.5 Å². The highest BCUT2D eigenvalue weighted by Crippen LogP contribution is 2.39. The Bertz CT molecular complexity index is 962. The van der Waals surface area contributed by atoms with Crippen molar-refractivity contribution in [3.05, 3.63) is 47.5 Å². The summed E-state index contributed by atoms with van der Waals surface area (Å²) in [7, 11) is 4.75. The van der Waals surface area contributed by atoms with Crippen molar-refractivity contribution in [1.29, 1.82) is 0 Å². The largest absolute Gasteiger partial charge is 0.497 e. The Hall–Kier alpha value is -3.26. The lowest BCUT2D eigenvalue weighted by Gasteiger charge is -2.37. The van der Waals surface area contributed by atoms with Gasteiger partial charge in [0.2, 0.25) is 5.91 Å². The fourth-order valence-corrected chi connectivity index (χ4v) is 3.97. The maximum absolute atomic E-state index is 12.8. The van der Waals surface area contributed by atoms with Crippen LogP contribution in [0.3, 0.4) is 0 Å². The van der Waals surface area contributed by atoms with Crippen molar-refractivity contribution in [1.82, 2.24) is 4.90 Å².